The van der Waals surface area contributed by atoms with Crippen molar-refractivity contribution >= 4 is 62.1 Å². The molecule has 0 unspecified atom stereocenters. The Morgan fingerprint density at radius 3 is 2.57 bits per heavy atom. The highest BCUT2D eigenvalue weighted by atomic mass is 79.9. The van der Waals surface area contributed by atoms with Gasteiger partial charge in [0.2, 0.25) is 5.91 Å². The second kappa shape index (κ2) is 8.29. The van der Waals surface area contributed by atoms with Crippen LogP contribution in [0.1, 0.15) is 5.56 Å². The van der Waals surface area contributed by atoms with Crippen molar-refractivity contribution in [2.24, 2.45) is 0 Å². The molecule has 23 heavy (non-hydrogen) atoms. The standard InChI is InChI=1S/C16H15BrClN3OS/c1-10-12(18)6-4-8-13(10)21-16(23)19-9-15(22)20-14-7-3-2-5-11(14)17/h2-8H,9H2,1H3,(H,20,22)(H2,19,21,23). The van der Waals surface area contributed by atoms with Gasteiger partial charge in [0.05, 0.1) is 12.2 Å². The maximum absolute atomic E-state index is 11.9. The van der Waals surface area contributed by atoms with Crippen molar-refractivity contribution in [1.82, 2.24) is 5.32 Å². The molecule has 0 radical (unpaired) electrons. The molecule has 0 aliphatic heterocycles. The molecule has 0 aromatic heterocycles. The molecule has 4 nitrogen and oxygen atoms in total. The zero-order valence-electron chi connectivity index (χ0n) is 12.3. The summed E-state index contributed by atoms with van der Waals surface area (Å²) in [6, 6.07) is 12.9. The summed E-state index contributed by atoms with van der Waals surface area (Å²) in [4.78, 5) is 11.9. The molecule has 0 saturated heterocycles. The number of nitrogens with one attached hydrogen (secondary N) is 3. The molecule has 0 spiro atoms. The van der Waals surface area contributed by atoms with Crippen LogP contribution in [-0.2, 0) is 4.79 Å². The molecule has 7 heteroatoms. The normalized spacial score (nSPS) is 10.0. The van der Waals surface area contributed by atoms with Gasteiger partial charge in [0, 0.05) is 15.2 Å². The van der Waals surface area contributed by atoms with E-state index in [0.29, 0.717) is 15.8 Å². The van der Waals surface area contributed by atoms with Gasteiger partial charge in [-0.05, 0) is 64.9 Å². The van der Waals surface area contributed by atoms with Crippen LogP contribution in [-0.4, -0.2) is 17.6 Å². The van der Waals surface area contributed by atoms with Crippen molar-refractivity contribution in [3.63, 3.8) is 0 Å². The predicted octanol–water partition coefficient (Wildman–Crippen LogP) is 4.34. The van der Waals surface area contributed by atoms with Gasteiger partial charge in [-0.1, -0.05) is 29.8 Å². The third kappa shape index (κ3) is 5.20. The smallest absolute Gasteiger partial charge is 0.243 e. The van der Waals surface area contributed by atoms with Crippen LogP contribution in [0.2, 0.25) is 5.02 Å². The fourth-order valence-electron chi connectivity index (χ4n) is 1.83. The summed E-state index contributed by atoms with van der Waals surface area (Å²) in [6.07, 6.45) is 0. The minimum Gasteiger partial charge on any atom is -0.353 e. The van der Waals surface area contributed by atoms with Gasteiger partial charge in [-0.3, -0.25) is 4.79 Å². The van der Waals surface area contributed by atoms with Gasteiger partial charge < -0.3 is 16.0 Å². The largest absolute Gasteiger partial charge is 0.353 e. The lowest BCUT2D eigenvalue weighted by molar-refractivity contribution is -0.115. The molecular weight excluding hydrogens is 398 g/mol. The molecule has 2 aromatic rings. The Bertz CT molecular complexity index is 739. The van der Waals surface area contributed by atoms with E-state index >= 15 is 0 Å². The molecule has 0 saturated carbocycles. The summed E-state index contributed by atoms with van der Waals surface area (Å²) in [5, 5.41) is 9.70. The van der Waals surface area contributed by atoms with E-state index in [1.54, 1.807) is 0 Å². The molecule has 0 heterocycles. The van der Waals surface area contributed by atoms with E-state index in [2.05, 4.69) is 31.9 Å². The number of rotatable bonds is 4. The number of thiocarbonyl (C=S) groups is 1. The molecule has 120 valence electrons. The molecule has 0 aliphatic carbocycles. The molecule has 0 fully saturated rings. The highest BCUT2D eigenvalue weighted by Crippen LogP contribution is 2.23. The van der Waals surface area contributed by atoms with Gasteiger partial charge in [-0.2, -0.15) is 0 Å². The van der Waals surface area contributed by atoms with E-state index in [9.17, 15) is 4.79 Å². The number of halogens is 2. The van der Waals surface area contributed by atoms with Gasteiger partial charge in [0.15, 0.2) is 5.11 Å². The Morgan fingerprint density at radius 1 is 1.13 bits per heavy atom. The van der Waals surface area contributed by atoms with Crippen LogP contribution in [0.25, 0.3) is 0 Å². The van der Waals surface area contributed by atoms with E-state index in [1.807, 2.05) is 49.4 Å². The van der Waals surface area contributed by atoms with Crippen molar-refractivity contribution in [2.75, 3.05) is 17.2 Å². The third-order valence-corrected chi connectivity index (χ3v) is 4.42. The summed E-state index contributed by atoms with van der Waals surface area (Å²) in [5.74, 6) is -0.191. The fourth-order valence-corrected chi connectivity index (χ4v) is 2.57. The predicted molar refractivity (Wildman–Crippen MR) is 103 cm³/mol. The fraction of sp³-hybridized carbons (Fsp3) is 0.125. The maximum atomic E-state index is 11.9. The molecule has 1 amide bonds. The molecule has 0 atom stereocenters. The molecular formula is C16H15BrClN3OS. The average molecular weight is 413 g/mol. The minimum atomic E-state index is -0.191. The summed E-state index contributed by atoms with van der Waals surface area (Å²) in [5.41, 5.74) is 2.42. The van der Waals surface area contributed by atoms with Gasteiger partial charge in [0.25, 0.3) is 0 Å². The maximum Gasteiger partial charge on any atom is 0.243 e. The van der Waals surface area contributed by atoms with Crippen LogP contribution in [0, 0.1) is 6.92 Å². The van der Waals surface area contributed by atoms with Crippen LogP contribution in [0.15, 0.2) is 46.9 Å². The zero-order chi connectivity index (χ0) is 16.8. The van der Waals surface area contributed by atoms with E-state index in [0.717, 1.165) is 15.7 Å². The van der Waals surface area contributed by atoms with Crippen LogP contribution in [0.3, 0.4) is 0 Å². The lowest BCUT2D eigenvalue weighted by atomic mass is 10.2. The van der Waals surface area contributed by atoms with Crippen molar-refractivity contribution in [1.29, 1.82) is 0 Å². The van der Waals surface area contributed by atoms with Crippen molar-refractivity contribution in [3.8, 4) is 0 Å². The van der Waals surface area contributed by atoms with E-state index in [-0.39, 0.29) is 12.5 Å². The van der Waals surface area contributed by atoms with E-state index in [4.69, 9.17) is 23.8 Å². The average Bonchev–Trinajstić information content (AvgIpc) is 2.52. The van der Waals surface area contributed by atoms with Gasteiger partial charge in [-0.15, -0.1) is 0 Å². The number of anilines is 2. The number of hydrogen-bond acceptors (Lipinski definition) is 2. The van der Waals surface area contributed by atoms with Crippen LogP contribution in [0.5, 0.6) is 0 Å². The summed E-state index contributed by atoms with van der Waals surface area (Å²) in [7, 11) is 0. The molecule has 3 N–H and O–H groups in total. The minimum absolute atomic E-state index is 0.0623. The molecule has 2 rings (SSSR count). The number of para-hydroxylation sites is 1. The first-order chi connectivity index (χ1) is 11.0. The number of amides is 1. The molecule has 0 bridgehead atoms. The Hall–Kier alpha value is -1.63. The Kier molecular flexibility index (Phi) is 6.38. The summed E-state index contributed by atoms with van der Waals surface area (Å²) in [6.45, 7) is 1.96. The number of carbonyl (C=O) groups is 1. The first-order valence-corrected chi connectivity index (χ1v) is 8.39. The highest BCUT2D eigenvalue weighted by Gasteiger charge is 2.07. The quantitative estimate of drug-likeness (QED) is 0.654. The van der Waals surface area contributed by atoms with E-state index < -0.39 is 0 Å². The Morgan fingerprint density at radius 2 is 1.83 bits per heavy atom. The second-order valence-corrected chi connectivity index (χ2v) is 6.42. The topological polar surface area (TPSA) is 53.2 Å². The first kappa shape index (κ1) is 17.7. The first-order valence-electron chi connectivity index (χ1n) is 6.81. The second-order valence-electron chi connectivity index (χ2n) is 4.75. The molecule has 2 aromatic carbocycles. The number of hydrogen-bond donors (Lipinski definition) is 3. The zero-order valence-corrected chi connectivity index (χ0v) is 15.5. The van der Waals surface area contributed by atoms with Crippen molar-refractivity contribution in [2.45, 2.75) is 6.92 Å². The lowest BCUT2D eigenvalue weighted by Crippen LogP contribution is -2.35. The van der Waals surface area contributed by atoms with Crippen molar-refractivity contribution < 1.29 is 4.79 Å². The Balaban J connectivity index is 1.86. The van der Waals surface area contributed by atoms with Gasteiger partial charge >= 0.3 is 0 Å². The molecule has 0 aliphatic rings. The lowest BCUT2D eigenvalue weighted by Gasteiger charge is -2.13. The van der Waals surface area contributed by atoms with Crippen LogP contribution >= 0.6 is 39.7 Å². The summed E-state index contributed by atoms with van der Waals surface area (Å²) < 4.78 is 0.823. The number of benzene rings is 2. The third-order valence-electron chi connectivity index (χ3n) is 3.07. The van der Waals surface area contributed by atoms with Gasteiger partial charge in [0.1, 0.15) is 0 Å². The summed E-state index contributed by atoms with van der Waals surface area (Å²) >= 11 is 14.6. The number of carbonyl (C=O) groups excluding carboxylic acids is 1. The van der Waals surface area contributed by atoms with Gasteiger partial charge in [-0.25, -0.2) is 0 Å². The monoisotopic (exact) mass is 411 g/mol. The van der Waals surface area contributed by atoms with E-state index in [1.165, 1.54) is 0 Å². The Labute approximate surface area is 153 Å². The highest BCUT2D eigenvalue weighted by molar-refractivity contribution is 9.10. The SMILES string of the molecule is Cc1c(Cl)cccc1NC(=S)NCC(=O)Nc1ccccc1Br. The van der Waals surface area contributed by atoms with Crippen LogP contribution < -0.4 is 16.0 Å². The van der Waals surface area contributed by atoms with Crippen molar-refractivity contribution in [3.05, 3.63) is 57.5 Å². The van der Waals surface area contributed by atoms with Crippen LogP contribution in [0.4, 0.5) is 11.4 Å².